The largest absolute Gasteiger partial charge is 0.382 e. The molecule has 1 saturated heterocycles. The number of anilines is 1. The molecule has 0 aromatic heterocycles. The Morgan fingerprint density at radius 1 is 1.39 bits per heavy atom. The molecule has 1 aliphatic heterocycles. The first kappa shape index (κ1) is 13.4. The second-order valence-electron chi connectivity index (χ2n) is 5.80. The van der Waals surface area contributed by atoms with Crippen molar-refractivity contribution in [3.05, 3.63) is 29.3 Å². The van der Waals surface area contributed by atoms with Gasteiger partial charge in [-0.05, 0) is 51.7 Å². The first-order valence-corrected chi connectivity index (χ1v) is 7.00. The van der Waals surface area contributed by atoms with Crippen LogP contribution in [0.25, 0.3) is 0 Å². The molecule has 1 heterocycles. The van der Waals surface area contributed by atoms with Gasteiger partial charge in [-0.25, -0.2) is 0 Å². The Labute approximate surface area is 111 Å². The Bertz CT molecular complexity index is 416. The molecule has 1 fully saturated rings. The molecular formula is C16H25NO. The van der Waals surface area contributed by atoms with E-state index in [4.69, 9.17) is 4.74 Å². The predicted molar refractivity (Wildman–Crippen MR) is 77.2 cm³/mol. The molecule has 2 atom stereocenters. The van der Waals surface area contributed by atoms with Crippen molar-refractivity contribution < 1.29 is 4.74 Å². The smallest absolute Gasteiger partial charge is 0.0671 e. The molecule has 0 bridgehead atoms. The van der Waals surface area contributed by atoms with Crippen molar-refractivity contribution in [3.63, 3.8) is 0 Å². The fourth-order valence-corrected chi connectivity index (χ4v) is 2.69. The van der Waals surface area contributed by atoms with Crippen LogP contribution in [0.5, 0.6) is 0 Å². The van der Waals surface area contributed by atoms with Crippen LogP contribution in [0.1, 0.15) is 44.2 Å². The topological polar surface area (TPSA) is 21.3 Å². The first-order valence-electron chi connectivity index (χ1n) is 7.00. The van der Waals surface area contributed by atoms with Gasteiger partial charge < -0.3 is 10.1 Å². The van der Waals surface area contributed by atoms with Crippen molar-refractivity contribution >= 4 is 5.69 Å². The number of rotatable bonds is 3. The summed E-state index contributed by atoms with van der Waals surface area (Å²) in [4.78, 5) is 0. The molecule has 0 radical (unpaired) electrons. The van der Waals surface area contributed by atoms with Crippen LogP contribution in [-0.4, -0.2) is 18.2 Å². The zero-order chi connectivity index (χ0) is 13.2. The summed E-state index contributed by atoms with van der Waals surface area (Å²) in [7, 11) is 0. The highest BCUT2D eigenvalue weighted by molar-refractivity contribution is 5.52. The monoisotopic (exact) mass is 247 g/mol. The molecular weight excluding hydrogens is 222 g/mol. The molecule has 2 heteroatoms. The molecule has 2 unspecified atom stereocenters. The maximum atomic E-state index is 5.89. The summed E-state index contributed by atoms with van der Waals surface area (Å²) in [6.07, 6.45) is 3.28. The minimum absolute atomic E-state index is 0.0501. The predicted octanol–water partition coefficient (Wildman–Crippen LogP) is 4.06. The van der Waals surface area contributed by atoms with Crippen LogP contribution in [0.2, 0.25) is 0 Å². The van der Waals surface area contributed by atoms with Crippen LogP contribution >= 0.6 is 0 Å². The van der Waals surface area contributed by atoms with E-state index in [0.717, 1.165) is 25.9 Å². The SMILES string of the molecule is CCC1(C)CC(Nc2ccc(C)cc2C)CCO1. The summed E-state index contributed by atoms with van der Waals surface area (Å²) in [6, 6.07) is 7.14. The second kappa shape index (κ2) is 5.31. The highest BCUT2D eigenvalue weighted by atomic mass is 16.5. The van der Waals surface area contributed by atoms with Gasteiger partial charge in [-0.3, -0.25) is 0 Å². The van der Waals surface area contributed by atoms with E-state index in [-0.39, 0.29) is 5.60 Å². The van der Waals surface area contributed by atoms with E-state index in [1.807, 2.05) is 0 Å². The Kier molecular flexibility index (Phi) is 3.96. The molecule has 2 rings (SSSR count). The van der Waals surface area contributed by atoms with E-state index in [0.29, 0.717) is 6.04 Å². The number of benzene rings is 1. The van der Waals surface area contributed by atoms with Gasteiger partial charge in [0.1, 0.15) is 0 Å². The Morgan fingerprint density at radius 3 is 2.83 bits per heavy atom. The summed E-state index contributed by atoms with van der Waals surface area (Å²) in [5, 5.41) is 3.69. The average molecular weight is 247 g/mol. The highest BCUT2D eigenvalue weighted by Gasteiger charge is 2.31. The maximum Gasteiger partial charge on any atom is 0.0671 e. The maximum absolute atomic E-state index is 5.89. The molecule has 1 aromatic carbocycles. The minimum Gasteiger partial charge on any atom is -0.382 e. The third kappa shape index (κ3) is 3.05. The van der Waals surface area contributed by atoms with Gasteiger partial charge in [0.15, 0.2) is 0 Å². The van der Waals surface area contributed by atoms with Crippen molar-refractivity contribution in [2.24, 2.45) is 0 Å². The summed E-state index contributed by atoms with van der Waals surface area (Å²) in [5.41, 5.74) is 3.98. The van der Waals surface area contributed by atoms with Gasteiger partial charge in [0.25, 0.3) is 0 Å². The van der Waals surface area contributed by atoms with Crippen LogP contribution in [0.4, 0.5) is 5.69 Å². The van der Waals surface area contributed by atoms with E-state index in [2.05, 4.69) is 51.2 Å². The fraction of sp³-hybridized carbons (Fsp3) is 0.625. The van der Waals surface area contributed by atoms with Crippen molar-refractivity contribution in [1.82, 2.24) is 0 Å². The standard InChI is InChI=1S/C16H25NO/c1-5-16(4)11-14(8-9-18-16)17-15-7-6-12(2)10-13(15)3/h6-7,10,14,17H,5,8-9,11H2,1-4H3. The van der Waals surface area contributed by atoms with Gasteiger partial charge >= 0.3 is 0 Å². The van der Waals surface area contributed by atoms with Gasteiger partial charge in [-0.1, -0.05) is 24.6 Å². The van der Waals surface area contributed by atoms with Crippen molar-refractivity contribution in [1.29, 1.82) is 0 Å². The van der Waals surface area contributed by atoms with E-state index < -0.39 is 0 Å². The van der Waals surface area contributed by atoms with E-state index in [9.17, 15) is 0 Å². The molecule has 1 aromatic rings. The number of aryl methyl sites for hydroxylation is 2. The summed E-state index contributed by atoms with van der Waals surface area (Å²) < 4.78 is 5.89. The number of ether oxygens (including phenoxy) is 1. The van der Waals surface area contributed by atoms with Crippen LogP contribution in [0, 0.1) is 13.8 Å². The zero-order valence-corrected chi connectivity index (χ0v) is 12.0. The molecule has 0 amide bonds. The van der Waals surface area contributed by atoms with E-state index in [1.165, 1.54) is 16.8 Å². The van der Waals surface area contributed by atoms with Crippen LogP contribution in [0.15, 0.2) is 18.2 Å². The van der Waals surface area contributed by atoms with Crippen LogP contribution in [0.3, 0.4) is 0 Å². The quantitative estimate of drug-likeness (QED) is 0.869. The molecule has 2 nitrogen and oxygen atoms in total. The molecule has 18 heavy (non-hydrogen) atoms. The molecule has 0 spiro atoms. The average Bonchev–Trinajstić information content (AvgIpc) is 2.33. The molecule has 0 aliphatic carbocycles. The van der Waals surface area contributed by atoms with Crippen molar-refractivity contribution in [3.8, 4) is 0 Å². The Hall–Kier alpha value is -1.02. The van der Waals surface area contributed by atoms with Crippen LogP contribution in [-0.2, 0) is 4.74 Å². The first-order chi connectivity index (χ1) is 8.52. The van der Waals surface area contributed by atoms with Gasteiger partial charge in [0.05, 0.1) is 5.60 Å². The van der Waals surface area contributed by atoms with Gasteiger partial charge in [0, 0.05) is 18.3 Å². The van der Waals surface area contributed by atoms with Gasteiger partial charge in [0.2, 0.25) is 0 Å². The van der Waals surface area contributed by atoms with E-state index >= 15 is 0 Å². The summed E-state index contributed by atoms with van der Waals surface area (Å²) in [5.74, 6) is 0. The lowest BCUT2D eigenvalue weighted by molar-refractivity contribution is -0.0708. The third-order valence-electron chi connectivity index (χ3n) is 4.08. The lowest BCUT2D eigenvalue weighted by Gasteiger charge is -2.38. The fourth-order valence-electron chi connectivity index (χ4n) is 2.69. The second-order valence-corrected chi connectivity index (χ2v) is 5.80. The van der Waals surface area contributed by atoms with Crippen LogP contribution < -0.4 is 5.32 Å². The minimum atomic E-state index is 0.0501. The molecule has 100 valence electrons. The number of hydrogen-bond donors (Lipinski definition) is 1. The Morgan fingerprint density at radius 2 is 2.17 bits per heavy atom. The number of hydrogen-bond acceptors (Lipinski definition) is 2. The van der Waals surface area contributed by atoms with Gasteiger partial charge in [-0.15, -0.1) is 0 Å². The lowest BCUT2D eigenvalue weighted by atomic mass is 9.89. The molecule has 1 aliphatic rings. The Balaban J connectivity index is 2.05. The zero-order valence-electron chi connectivity index (χ0n) is 12.0. The molecule has 1 N–H and O–H groups in total. The van der Waals surface area contributed by atoms with Crippen molar-refractivity contribution in [2.75, 3.05) is 11.9 Å². The summed E-state index contributed by atoms with van der Waals surface area (Å²) >= 11 is 0. The highest BCUT2D eigenvalue weighted by Crippen LogP contribution is 2.30. The normalized spacial score (nSPS) is 28.1. The van der Waals surface area contributed by atoms with Crippen molar-refractivity contribution in [2.45, 2.75) is 58.6 Å². The third-order valence-corrected chi connectivity index (χ3v) is 4.08. The lowest BCUT2D eigenvalue weighted by Crippen LogP contribution is -2.41. The van der Waals surface area contributed by atoms with E-state index in [1.54, 1.807) is 0 Å². The summed E-state index contributed by atoms with van der Waals surface area (Å²) in [6.45, 7) is 9.61. The number of nitrogens with one attached hydrogen (secondary N) is 1. The van der Waals surface area contributed by atoms with Gasteiger partial charge in [-0.2, -0.15) is 0 Å². The molecule has 0 saturated carbocycles.